The maximum Gasteiger partial charge on any atom is 0.318 e. The third kappa shape index (κ3) is 4.05. The van der Waals surface area contributed by atoms with Crippen LogP contribution in [0.25, 0.3) is 0 Å². The van der Waals surface area contributed by atoms with E-state index < -0.39 is 0 Å². The highest BCUT2D eigenvalue weighted by molar-refractivity contribution is 5.75. The highest BCUT2D eigenvalue weighted by atomic mass is 19.1. The van der Waals surface area contributed by atoms with Gasteiger partial charge in [0.15, 0.2) is 0 Å². The van der Waals surface area contributed by atoms with Crippen LogP contribution in [0, 0.1) is 5.82 Å². The minimum Gasteiger partial charge on any atom is -0.379 e. The number of fused-ring (bicyclic) bond motifs is 1. The monoisotopic (exact) mass is 336 g/mol. The normalized spacial score (nSPS) is 26.2. The molecule has 1 aromatic rings. The van der Waals surface area contributed by atoms with Crippen molar-refractivity contribution in [2.24, 2.45) is 0 Å². The van der Waals surface area contributed by atoms with Crippen LogP contribution in [0.2, 0.25) is 0 Å². The van der Waals surface area contributed by atoms with Gasteiger partial charge in [-0.15, -0.1) is 0 Å². The molecule has 0 radical (unpaired) electrons. The van der Waals surface area contributed by atoms with E-state index in [1.54, 1.807) is 12.1 Å². The predicted octanol–water partition coefficient (Wildman–Crippen LogP) is 2.69. The Morgan fingerprint density at radius 1 is 1.42 bits per heavy atom. The van der Waals surface area contributed by atoms with Crippen LogP contribution in [0.15, 0.2) is 24.3 Å². The number of likely N-dealkylation sites (tertiary alicyclic amines) is 1. The Balaban J connectivity index is 1.50. The Bertz CT molecular complexity index is 569. The molecule has 2 aliphatic heterocycles. The first-order chi connectivity index (χ1) is 11.7. The maximum absolute atomic E-state index is 13.2. The fraction of sp³-hybridized carbons (Fsp3) is 0.611. The minimum absolute atomic E-state index is 0.0985. The molecule has 24 heavy (non-hydrogen) atoms. The van der Waals surface area contributed by atoms with Crippen molar-refractivity contribution < 1.29 is 18.7 Å². The summed E-state index contributed by atoms with van der Waals surface area (Å²) in [5, 5.41) is 2.89. The van der Waals surface area contributed by atoms with Crippen molar-refractivity contribution in [2.45, 2.75) is 51.0 Å². The van der Waals surface area contributed by atoms with Gasteiger partial charge in [0.25, 0.3) is 0 Å². The number of hydrogen-bond donors (Lipinski definition) is 1. The number of nitrogens with zero attached hydrogens (tertiary/aromatic N) is 1. The van der Waals surface area contributed by atoms with E-state index in [2.05, 4.69) is 5.32 Å². The lowest BCUT2D eigenvalue weighted by atomic mass is 9.99. The molecule has 132 valence electrons. The van der Waals surface area contributed by atoms with Crippen LogP contribution in [0.5, 0.6) is 0 Å². The molecule has 1 aromatic carbocycles. The third-order valence-electron chi connectivity index (χ3n) is 4.74. The van der Waals surface area contributed by atoms with Crippen molar-refractivity contribution in [3.05, 3.63) is 35.6 Å². The molecule has 3 atom stereocenters. The van der Waals surface area contributed by atoms with Crippen LogP contribution in [0.4, 0.5) is 9.18 Å². The standard InChI is InChI=1S/C18H25FN2O3/c1-2-23-12-15-6-7-16-17(24-15)8-9-21(16)18(22)20-11-13-4-3-5-14(19)10-13/h3-5,10,15-17H,2,6-9,11-12H2,1H3,(H,20,22)/t15-,16+,17+/m1/s1. The fourth-order valence-electron chi connectivity index (χ4n) is 3.55. The van der Waals surface area contributed by atoms with Gasteiger partial charge in [0.1, 0.15) is 5.82 Å². The Hall–Kier alpha value is -1.66. The number of halogens is 1. The van der Waals surface area contributed by atoms with E-state index in [9.17, 15) is 9.18 Å². The van der Waals surface area contributed by atoms with Crippen molar-refractivity contribution in [1.82, 2.24) is 10.2 Å². The van der Waals surface area contributed by atoms with Crippen LogP contribution in [-0.2, 0) is 16.0 Å². The highest BCUT2D eigenvalue weighted by Gasteiger charge is 2.41. The second-order valence-electron chi connectivity index (χ2n) is 6.37. The lowest BCUT2D eigenvalue weighted by Crippen LogP contribution is -2.48. The number of benzene rings is 1. The lowest BCUT2D eigenvalue weighted by Gasteiger charge is -2.35. The van der Waals surface area contributed by atoms with Gasteiger partial charge in [-0.3, -0.25) is 0 Å². The third-order valence-corrected chi connectivity index (χ3v) is 4.74. The molecule has 1 N–H and O–H groups in total. The summed E-state index contributed by atoms with van der Waals surface area (Å²) in [5.74, 6) is -0.288. The fourth-order valence-corrected chi connectivity index (χ4v) is 3.55. The van der Waals surface area contributed by atoms with E-state index >= 15 is 0 Å². The van der Waals surface area contributed by atoms with Gasteiger partial charge in [0, 0.05) is 19.7 Å². The van der Waals surface area contributed by atoms with Gasteiger partial charge in [-0.2, -0.15) is 0 Å². The minimum atomic E-state index is -0.288. The van der Waals surface area contributed by atoms with E-state index in [0.29, 0.717) is 26.3 Å². The van der Waals surface area contributed by atoms with Gasteiger partial charge < -0.3 is 19.7 Å². The number of amides is 2. The second kappa shape index (κ2) is 7.94. The first-order valence-corrected chi connectivity index (χ1v) is 8.69. The molecule has 3 rings (SSSR count). The second-order valence-corrected chi connectivity index (χ2v) is 6.37. The molecule has 2 fully saturated rings. The van der Waals surface area contributed by atoms with Gasteiger partial charge in [0.05, 0.1) is 24.9 Å². The van der Waals surface area contributed by atoms with Crippen LogP contribution >= 0.6 is 0 Å². The highest BCUT2D eigenvalue weighted by Crippen LogP contribution is 2.31. The summed E-state index contributed by atoms with van der Waals surface area (Å²) in [6, 6.07) is 6.33. The Morgan fingerprint density at radius 3 is 3.08 bits per heavy atom. The van der Waals surface area contributed by atoms with Crippen molar-refractivity contribution >= 4 is 6.03 Å². The molecule has 2 aliphatic rings. The Kier molecular flexibility index (Phi) is 5.68. The molecule has 0 bridgehead atoms. The van der Waals surface area contributed by atoms with Crippen molar-refractivity contribution in [2.75, 3.05) is 19.8 Å². The summed E-state index contributed by atoms with van der Waals surface area (Å²) in [4.78, 5) is 14.3. The summed E-state index contributed by atoms with van der Waals surface area (Å²) < 4.78 is 24.7. The van der Waals surface area contributed by atoms with Gasteiger partial charge in [-0.1, -0.05) is 12.1 Å². The first kappa shape index (κ1) is 17.2. The van der Waals surface area contributed by atoms with Gasteiger partial charge >= 0.3 is 6.03 Å². The van der Waals surface area contributed by atoms with Gasteiger partial charge in [0.2, 0.25) is 0 Å². The number of nitrogens with one attached hydrogen (secondary N) is 1. The van der Waals surface area contributed by atoms with E-state index in [-0.39, 0.29) is 30.1 Å². The number of carbonyl (C=O) groups is 1. The van der Waals surface area contributed by atoms with E-state index in [1.165, 1.54) is 12.1 Å². The van der Waals surface area contributed by atoms with Crippen LogP contribution in [-0.4, -0.2) is 48.9 Å². The Labute approximate surface area is 142 Å². The van der Waals surface area contributed by atoms with Crippen molar-refractivity contribution in [3.63, 3.8) is 0 Å². The summed E-state index contributed by atoms with van der Waals surface area (Å²) in [5.41, 5.74) is 0.760. The zero-order valence-electron chi connectivity index (χ0n) is 14.0. The van der Waals surface area contributed by atoms with E-state index in [0.717, 1.165) is 24.8 Å². The first-order valence-electron chi connectivity index (χ1n) is 8.69. The molecule has 0 saturated carbocycles. The SMILES string of the molecule is CCOC[C@H]1CC[C@H]2[C@H](CCN2C(=O)NCc2cccc(F)c2)O1. The van der Waals surface area contributed by atoms with Crippen LogP contribution < -0.4 is 5.32 Å². The molecule has 0 aliphatic carbocycles. The summed E-state index contributed by atoms with van der Waals surface area (Å²) >= 11 is 0. The molecule has 6 heteroatoms. The molecule has 0 unspecified atom stereocenters. The zero-order valence-corrected chi connectivity index (χ0v) is 14.0. The number of carbonyl (C=O) groups excluding carboxylic acids is 1. The molecule has 2 amide bonds. The lowest BCUT2D eigenvalue weighted by molar-refractivity contribution is -0.0945. The zero-order chi connectivity index (χ0) is 16.9. The largest absolute Gasteiger partial charge is 0.379 e. The van der Waals surface area contributed by atoms with E-state index in [1.807, 2.05) is 11.8 Å². The summed E-state index contributed by atoms with van der Waals surface area (Å²) in [6.45, 7) is 4.34. The number of ether oxygens (including phenoxy) is 2. The topological polar surface area (TPSA) is 50.8 Å². The van der Waals surface area contributed by atoms with Gasteiger partial charge in [-0.25, -0.2) is 9.18 Å². The summed E-state index contributed by atoms with van der Waals surface area (Å²) in [7, 11) is 0. The molecule has 0 spiro atoms. The van der Waals surface area contributed by atoms with Crippen LogP contribution in [0.3, 0.4) is 0 Å². The molecule has 2 saturated heterocycles. The average molecular weight is 336 g/mol. The molecular weight excluding hydrogens is 311 g/mol. The van der Waals surface area contributed by atoms with Crippen LogP contribution in [0.1, 0.15) is 31.7 Å². The summed E-state index contributed by atoms with van der Waals surface area (Å²) in [6.07, 6.45) is 2.95. The quantitative estimate of drug-likeness (QED) is 0.899. The molecule has 2 heterocycles. The molecule has 5 nitrogen and oxygen atoms in total. The molecular formula is C18H25FN2O3. The average Bonchev–Trinajstić information content (AvgIpc) is 3.01. The van der Waals surface area contributed by atoms with Crippen molar-refractivity contribution in [1.29, 1.82) is 0 Å². The van der Waals surface area contributed by atoms with E-state index in [4.69, 9.17) is 9.47 Å². The Morgan fingerprint density at radius 2 is 2.29 bits per heavy atom. The predicted molar refractivity (Wildman–Crippen MR) is 88.1 cm³/mol. The van der Waals surface area contributed by atoms with Gasteiger partial charge in [-0.05, 0) is 43.9 Å². The number of rotatable bonds is 5. The number of hydrogen-bond acceptors (Lipinski definition) is 3. The maximum atomic E-state index is 13.2. The van der Waals surface area contributed by atoms with Crippen molar-refractivity contribution in [3.8, 4) is 0 Å². The smallest absolute Gasteiger partial charge is 0.318 e. The molecule has 0 aromatic heterocycles. The number of urea groups is 1.